The number of aryl methyl sites for hydroxylation is 1. The summed E-state index contributed by atoms with van der Waals surface area (Å²) in [6, 6.07) is 9.65. The first kappa shape index (κ1) is 14.5. The molecule has 1 N–H and O–H groups in total. The number of hydrogen-bond acceptors (Lipinski definition) is 2. The van der Waals surface area contributed by atoms with Crippen molar-refractivity contribution in [3.8, 4) is 5.75 Å². The van der Waals surface area contributed by atoms with Crippen LogP contribution in [0.4, 0.5) is 10.1 Å². The van der Waals surface area contributed by atoms with Crippen LogP contribution in [0.2, 0.25) is 0 Å². The van der Waals surface area contributed by atoms with Gasteiger partial charge in [-0.15, -0.1) is 0 Å². The number of amides is 1. The van der Waals surface area contributed by atoms with Crippen molar-refractivity contribution < 1.29 is 13.9 Å². The van der Waals surface area contributed by atoms with Crippen molar-refractivity contribution >= 4 is 27.5 Å². The largest absolute Gasteiger partial charge is 0.495 e. The van der Waals surface area contributed by atoms with Gasteiger partial charge in [0.15, 0.2) is 0 Å². The Morgan fingerprint density at radius 3 is 2.65 bits per heavy atom. The van der Waals surface area contributed by atoms with Gasteiger partial charge in [0.05, 0.1) is 17.3 Å². The lowest BCUT2D eigenvalue weighted by Gasteiger charge is -2.11. The highest BCUT2D eigenvalue weighted by atomic mass is 79.9. The molecule has 2 aromatic rings. The lowest BCUT2D eigenvalue weighted by atomic mass is 10.1. The molecule has 0 radical (unpaired) electrons. The zero-order chi connectivity index (χ0) is 14.7. The average Bonchev–Trinajstić information content (AvgIpc) is 2.43. The molecular formula is C15H13BrFNO2. The maximum Gasteiger partial charge on any atom is 0.255 e. The molecule has 0 aliphatic carbocycles. The number of nitrogens with one attached hydrogen (secondary N) is 1. The summed E-state index contributed by atoms with van der Waals surface area (Å²) in [4.78, 5) is 12.1. The summed E-state index contributed by atoms with van der Waals surface area (Å²) in [5.74, 6) is -0.303. The van der Waals surface area contributed by atoms with Crippen LogP contribution in [-0.2, 0) is 0 Å². The van der Waals surface area contributed by atoms with Crippen molar-refractivity contribution in [1.82, 2.24) is 0 Å². The number of benzene rings is 2. The first-order valence-corrected chi connectivity index (χ1v) is 6.71. The van der Waals surface area contributed by atoms with Crippen LogP contribution in [0.15, 0.2) is 40.9 Å². The highest BCUT2D eigenvalue weighted by Gasteiger charge is 2.11. The van der Waals surface area contributed by atoms with Gasteiger partial charge in [-0.05, 0) is 58.7 Å². The molecule has 2 aromatic carbocycles. The van der Waals surface area contributed by atoms with Crippen LogP contribution < -0.4 is 10.1 Å². The molecule has 5 heteroatoms. The number of carbonyl (C=O) groups is 1. The van der Waals surface area contributed by atoms with E-state index < -0.39 is 11.7 Å². The third kappa shape index (κ3) is 3.17. The number of methoxy groups -OCH3 is 1. The Labute approximate surface area is 124 Å². The first-order valence-electron chi connectivity index (χ1n) is 5.92. The summed E-state index contributed by atoms with van der Waals surface area (Å²) in [6.45, 7) is 1.93. The topological polar surface area (TPSA) is 38.3 Å². The van der Waals surface area contributed by atoms with Gasteiger partial charge in [-0.2, -0.15) is 0 Å². The van der Waals surface area contributed by atoms with Crippen molar-refractivity contribution in [3.05, 3.63) is 57.8 Å². The fourth-order valence-corrected chi connectivity index (χ4v) is 1.98. The van der Waals surface area contributed by atoms with Crippen LogP contribution in [0.1, 0.15) is 15.9 Å². The van der Waals surface area contributed by atoms with Gasteiger partial charge < -0.3 is 10.1 Å². The Hall–Kier alpha value is -1.88. The molecule has 0 aromatic heterocycles. The Kier molecular flexibility index (Phi) is 4.39. The number of halogens is 2. The Morgan fingerprint density at radius 2 is 2.00 bits per heavy atom. The van der Waals surface area contributed by atoms with E-state index >= 15 is 0 Å². The monoisotopic (exact) mass is 337 g/mol. The minimum Gasteiger partial charge on any atom is -0.495 e. The summed E-state index contributed by atoms with van der Waals surface area (Å²) in [7, 11) is 1.53. The van der Waals surface area contributed by atoms with Crippen LogP contribution >= 0.6 is 15.9 Å². The molecule has 0 saturated heterocycles. The number of anilines is 1. The minimum absolute atomic E-state index is 0.244. The normalized spacial score (nSPS) is 10.2. The summed E-state index contributed by atoms with van der Waals surface area (Å²) >= 11 is 3.05. The molecule has 104 valence electrons. The summed E-state index contributed by atoms with van der Waals surface area (Å²) in [5, 5.41) is 2.71. The van der Waals surface area contributed by atoms with Gasteiger partial charge in [0.2, 0.25) is 0 Å². The lowest BCUT2D eigenvalue weighted by molar-refractivity contribution is 0.102. The third-order valence-electron chi connectivity index (χ3n) is 2.79. The van der Waals surface area contributed by atoms with Crippen LogP contribution in [-0.4, -0.2) is 13.0 Å². The second-order valence-electron chi connectivity index (χ2n) is 4.29. The lowest BCUT2D eigenvalue weighted by Crippen LogP contribution is -2.13. The molecular weight excluding hydrogens is 325 g/mol. The van der Waals surface area contributed by atoms with Gasteiger partial charge in [-0.25, -0.2) is 4.39 Å². The fraction of sp³-hybridized carbons (Fsp3) is 0.133. The fourth-order valence-electron chi connectivity index (χ4n) is 1.73. The summed E-state index contributed by atoms with van der Waals surface area (Å²) in [5.41, 5.74) is 1.81. The molecule has 20 heavy (non-hydrogen) atoms. The minimum atomic E-state index is -0.478. The molecule has 0 aliphatic heterocycles. The molecule has 1 amide bonds. The van der Waals surface area contributed by atoms with E-state index in [1.54, 1.807) is 12.1 Å². The van der Waals surface area contributed by atoms with Crippen LogP contribution in [0.3, 0.4) is 0 Å². The molecule has 3 nitrogen and oxygen atoms in total. The first-order chi connectivity index (χ1) is 9.51. The van der Waals surface area contributed by atoms with E-state index in [-0.39, 0.29) is 5.56 Å². The van der Waals surface area contributed by atoms with Gasteiger partial charge in [0.25, 0.3) is 5.91 Å². The molecule has 0 aliphatic rings. The quantitative estimate of drug-likeness (QED) is 0.913. The molecule has 0 unspecified atom stereocenters. The maximum atomic E-state index is 13.4. The van der Waals surface area contributed by atoms with E-state index in [4.69, 9.17) is 4.74 Å². The van der Waals surface area contributed by atoms with Gasteiger partial charge >= 0.3 is 0 Å². The van der Waals surface area contributed by atoms with Gasteiger partial charge in [0, 0.05) is 5.56 Å². The predicted octanol–water partition coefficient (Wildman–Crippen LogP) is 4.16. The molecule has 0 saturated carbocycles. The van der Waals surface area contributed by atoms with Crippen molar-refractivity contribution in [2.75, 3.05) is 12.4 Å². The van der Waals surface area contributed by atoms with Crippen molar-refractivity contribution in [2.24, 2.45) is 0 Å². The zero-order valence-corrected chi connectivity index (χ0v) is 12.6. The van der Waals surface area contributed by atoms with Crippen LogP contribution in [0.25, 0.3) is 0 Å². The molecule has 0 bridgehead atoms. The van der Waals surface area contributed by atoms with E-state index in [1.165, 1.54) is 19.2 Å². The van der Waals surface area contributed by atoms with Crippen molar-refractivity contribution in [2.45, 2.75) is 6.92 Å². The highest BCUT2D eigenvalue weighted by Crippen LogP contribution is 2.26. The van der Waals surface area contributed by atoms with Crippen LogP contribution in [0, 0.1) is 12.7 Å². The number of rotatable bonds is 3. The van der Waals surface area contributed by atoms with Crippen molar-refractivity contribution in [1.29, 1.82) is 0 Å². The molecule has 0 heterocycles. The number of ether oxygens (including phenoxy) is 1. The zero-order valence-electron chi connectivity index (χ0n) is 11.0. The SMILES string of the molecule is COc1cc(C)ccc1NC(=O)c1ccc(Br)c(F)c1. The Morgan fingerprint density at radius 1 is 1.25 bits per heavy atom. The predicted molar refractivity (Wildman–Crippen MR) is 79.8 cm³/mol. The number of carbonyl (C=O) groups excluding carboxylic acids is 1. The molecule has 2 rings (SSSR count). The molecule has 0 fully saturated rings. The summed E-state index contributed by atoms with van der Waals surface area (Å²) in [6.07, 6.45) is 0. The van der Waals surface area contributed by atoms with E-state index in [2.05, 4.69) is 21.2 Å². The maximum absolute atomic E-state index is 13.4. The average molecular weight is 338 g/mol. The van der Waals surface area contributed by atoms with E-state index in [0.717, 1.165) is 5.56 Å². The van der Waals surface area contributed by atoms with Gasteiger partial charge in [-0.3, -0.25) is 4.79 Å². The van der Waals surface area contributed by atoms with Gasteiger partial charge in [0.1, 0.15) is 11.6 Å². The smallest absolute Gasteiger partial charge is 0.255 e. The highest BCUT2D eigenvalue weighted by molar-refractivity contribution is 9.10. The molecule has 0 spiro atoms. The van der Waals surface area contributed by atoms with Crippen LogP contribution in [0.5, 0.6) is 5.75 Å². The Bertz CT molecular complexity index is 658. The van der Waals surface area contributed by atoms with E-state index in [1.807, 2.05) is 19.1 Å². The van der Waals surface area contributed by atoms with Gasteiger partial charge in [-0.1, -0.05) is 6.07 Å². The number of hydrogen-bond donors (Lipinski definition) is 1. The van der Waals surface area contributed by atoms with E-state index in [0.29, 0.717) is 15.9 Å². The summed E-state index contributed by atoms with van der Waals surface area (Å²) < 4.78 is 19.0. The third-order valence-corrected chi connectivity index (χ3v) is 3.43. The standard InChI is InChI=1S/C15H13BrFNO2/c1-9-3-6-13(14(7-9)20-2)18-15(19)10-4-5-11(16)12(17)8-10/h3-8H,1-2H3,(H,18,19). The van der Waals surface area contributed by atoms with E-state index in [9.17, 15) is 9.18 Å². The second kappa shape index (κ2) is 6.05. The molecule has 0 atom stereocenters. The second-order valence-corrected chi connectivity index (χ2v) is 5.14. The Balaban J connectivity index is 2.25. The van der Waals surface area contributed by atoms with Crippen molar-refractivity contribution in [3.63, 3.8) is 0 Å².